The summed E-state index contributed by atoms with van der Waals surface area (Å²) in [6.45, 7) is 1.57. The summed E-state index contributed by atoms with van der Waals surface area (Å²) in [6, 6.07) is 3.99. The SMILES string of the molecule is Cc1sc([N+](=O)[O-])cc1C(=O)N(C)c1ccc(F)cc1F. The van der Waals surface area contributed by atoms with Crippen LogP contribution in [0.3, 0.4) is 0 Å². The predicted octanol–water partition coefficient (Wildman–Crippen LogP) is 3.52. The van der Waals surface area contributed by atoms with Crippen LogP contribution < -0.4 is 4.90 Å². The number of anilines is 1. The van der Waals surface area contributed by atoms with E-state index >= 15 is 0 Å². The third-order valence-electron chi connectivity index (χ3n) is 2.89. The van der Waals surface area contributed by atoms with Crippen LogP contribution in [0, 0.1) is 28.7 Å². The molecule has 0 aliphatic heterocycles. The Morgan fingerprint density at radius 2 is 2.00 bits per heavy atom. The van der Waals surface area contributed by atoms with E-state index in [0.29, 0.717) is 10.9 Å². The van der Waals surface area contributed by atoms with Crippen molar-refractivity contribution >= 4 is 27.9 Å². The fraction of sp³-hybridized carbons (Fsp3) is 0.154. The van der Waals surface area contributed by atoms with E-state index < -0.39 is 22.5 Å². The number of carbonyl (C=O) groups is 1. The van der Waals surface area contributed by atoms with E-state index in [4.69, 9.17) is 0 Å². The van der Waals surface area contributed by atoms with Crippen LogP contribution in [0.4, 0.5) is 19.5 Å². The van der Waals surface area contributed by atoms with Crippen molar-refractivity contribution in [3.63, 3.8) is 0 Å². The minimum atomic E-state index is -0.881. The molecule has 0 atom stereocenters. The molecule has 2 rings (SSSR count). The Balaban J connectivity index is 2.37. The molecule has 0 saturated carbocycles. The van der Waals surface area contributed by atoms with E-state index in [1.54, 1.807) is 6.92 Å². The van der Waals surface area contributed by atoms with E-state index in [0.717, 1.165) is 34.4 Å². The summed E-state index contributed by atoms with van der Waals surface area (Å²) < 4.78 is 26.5. The summed E-state index contributed by atoms with van der Waals surface area (Å²) in [5, 5.41) is 10.5. The van der Waals surface area contributed by atoms with Gasteiger partial charge in [0.15, 0.2) is 0 Å². The molecule has 1 aromatic heterocycles. The number of amides is 1. The van der Waals surface area contributed by atoms with Crippen LogP contribution in [0.15, 0.2) is 24.3 Å². The number of nitrogens with zero attached hydrogens (tertiary/aromatic N) is 2. The quantitative estimate of drug-likeness (QED) is 0.643. The third-order valence-corrected chi connectivity index (χ3v) is 3.89. The van der Waals surface area contributed by atoms with E-state index in [9.17, 15) is 23.7 Å². The van der Waals surface area contributed by atoms with Crippen molar-refractivity contribution in [3.05, 3.63) is 56.5 Å². The monoisotopic (exact) mass is 312 g/mol. The molecule has 5 nitrogen and oxygen atoms in total. The molecule has 1 aromatic carbocycles. The zero-order valence-corrected chi connectivity index (χ0v) is 11.9. The summed E-state index contributed by atoms with van der Waals surface area (Å²) in [4.78, 5) is 23.9. The molecule has 2 aromatic rings. The molecule has 1 amide bonds. The standard InChI is InChI=1S/C13H10F2N2O3S/c1-7-9(6-12(21-7)17(19)20)13(18)16(2)11-4-3-8(14)5-10(11)15/h3-6H,1-2H3. The molecular weight excluding hydrogens is 302 g/mol. The largest absolute Gasteiger partial charge is 0.325 e. The number of thiophene rings is 1. The van der Waals surface area contributed by atoms with Crippen molar-refractivity contribution < 1.29 is 18.5 Å². The first-order valence-electron chi connectivity index (χ1n) is 5.79. The summed E-state index contributed by atoms with van der Waals surface area (Å²) in [5.74, 6) is -2.23. The average Bonchev–Trinajstić information content (AvgIpc) is 2.79. The van der Waals surface area contributed by atoms with Crippen molar-refractivity contribution in [2.45, 2.75) is 6.92 Å². The lowest BCUT2D eigenvalue weighted by Gasteiger charge is -2.17. The minimum Gasteiger partial charge on any atom is -0.309 e. The van der Waals surface area contributed by atoms with Crippen LogP contribution in [0.25, 0.3) is 0 Å². The van der Waals surface area contributed by atoms with E-state index in [-0.39, 0.29) is 16.3 Å². The maximum absolute atomic E-state index is 13.7. The van der Waals surface area contributed by atoms with Crippen molar-refractivity contribution in [2.75, 3.05) is 11.9 Å². The Hall–Kier alpha value is -2.35. The van der Waals surface area contributed by atoms with E-state index in [1.807, 2.05) is 0 Å². The first-order valence-corrected chi connectivity index (χ1v) is 6.61. The smallest absolute Gasteiger partial charge is 0.309 e. The number of rotatable bonds is 3. The average molecular weight is 312 g/mol. The lowest BCUT2D eigenvalue weighted by Crippen LogP contribution is -2.27. The lowest BCUT2D eigenvalue weighted by molar-refractivity contribution is -0.380. The van der Waals surface area contributed by atoms with Crippen molar-refractivity contribution in [1.82, 2.24) is 0 Å². The molecule has 0 radical (unpaired) electrons. The highest BCUT2D eigenvalue weighted by Gasteiger charge is 2.23. The van der Waals surface area contributed by atoms with Gasteiger partial charge in [-0.05, 0) is 19.1 Å². The second-order valence-corrected chi connectivity index (χ2v) is 5.51. The van der Waals surface area contributed by atoms with Gasteiger partial charge in [-0.1, -0.05) is 11.3 Å². The van der Waals surface area contributed by atoms with Crippen LogP contribution in [0.1, 0.15) is 15.2 Å². The second kappa shape index (κ2) is 5.57. The molecule has 0 saturated heterocycles. The highest BCUT2D eigenvalue weighted by Crippen LogP contribution is 2.30. The molecule has 110 valence electrons. The normalized spacial score (nSPS) is 10.5. The zero-order chi connectivity index (χ0) is 15.7. The van der Waals surface area contributed by atoms with Crippen LogP contribution in [-0.2, 0) is 0 Å². The predicted molar refractivity (Wildman–Crippen MR) is 74.8 cm³/mol. The number of aryl methyl sites for hydroxylation is 1. The molecule has 0 N–H and O–H groups in total. The number of nitro groups is 1. The van der Waals surface area contributed by atoms with Gasteiger partial charge in [-0.2, -0.15) is 0 Å². The van der Waals surface area contributed by atoms with Gasteiger partial charge in [-0.3, -0.25) is 14.9 Å². The first kappa shape index (κ1) is 15.0. The fourth-order valence-electron chi connectivity index (χ4n) is 1.81. The lowest BCUT2D eigenvalue weighted by atomic mass is 10.2. The van der Waals surface area contributed by atoms with Gasteiger partial charge in [-0.15, -0.1) is 0 Å². The molecule has 0 spiro atoms. The molecule has 0 unspecified atom stereocenters. The van der Waals surface area contributed by atoms with Gasteiger partial charge in [0, 0.05) is 24.1 Å². The first-order chi connectivity index (χ1) is 9.81. The van der Waals surface area contributed by atoms with Gasteiger partial charge in [0.1, 0.15) is 11.6 Å². The summed E-state index contributed by atoms with van der Waals surface area (Å²) >= 11 is 0.870. The van der Waals surface area contributed by atoms with Gasteiger partial charge in [0.05, 0.1) is 16.2 Å². The maximum atomic E-state index is 13.7. The number of benzene rings is 1. The van der Waals surface area contributed by atoms with E-state index in [2.05, 4.69) is 0 Å². The minimum absolute atomic E-state index is 0.102. The molecule has 0 aliphatic rings. The third kappa shape index (κ3) is 2.89. The molecule has 0 bridgehead atoms. The zero-order valence-electron chi connectivity index (χ0n) is 11.1. The number of carbonyl (C=O) groups excluding carboxylic acids is 1. The Labute approximate surface area is 122 Å². The topological polar surface area (TPSA) is 63.5 Å². The highest BCUT2D eigenvalue weighted by atomic mass is 32.1. The van der Waals surface area contributed by atoms with Gasteiger partial charge in [0.2, 0.25) is 0 Å². The summed E-state index contributed by atoms with van der Waals surface area (Å²) in [5.41, 5.74) is 0.0209. The molecule has 0 fully saturated rings. The number of hydrogen-bond donors (Lipinski definition) is 0. The Bertz CT molecular complexity index is 730. The van der Waals surface area contributed by atoms with Crippen molar-refractivity contribution in [1.29, 1.82) is 0 Å². The summed E-state index contributed by atoms with van der Waals surface area (Å²) in [6.07, 6.45) is 0. The molecule has 21 heavy (non-hydrogen) atoms. The number of halogens is 2. The van der Waals surface area contributed by atoms with Gasteiger partial charge in [0.25, 0.3) is 5.91 Å². The fourth-order valence-corrected chi connectivity index (χ4v) is 2.63. The Kier molecular flexibility index (Phi) is 3.99. The van der Waals surface area contributed by atoms with Gasteiger partial charge in [-0.25, -0.2) is 8.78 Å². The van der Waals surface area contributed by atoms with Crippen LogP contribution >= 0.6 is 11.3 Å². The molecule has 8 heteroatoms. The molecular formula is C13H10F2N2O3S. The summed E-state index contributed by atoms with van der Waals surface area (Å²) in [7, 11) is 1.32. The molecule has 0 aliphatic carbocycles. The second-order valence-electron chi connectivity index (χ2n) is 4.27. The maximum Gasteiger partial charge on any atom is 0.325 e. The molecule has 1 heterocycles. The van der Waals surface area contributed by atoms with E-state index in [1.165, 1.54) is 7.05 Å². The van der Waals surface area contributed by atoms with Crippen molar-refractivity contribution in [2.24, 2.45) is 0 Å². The Morgan fingerprint density at radius 1 is 1.33 bits per heavy atom. The van der Waals surface area contributed by atoms with Gasteiger partial charge < -0.3 is 4.90 Å². The van der Waals surface area contributed by atoms with Gasteiger partial charge >= 0.3 is 5.00 Å². The van der Waals surface area contributed by atoms with Crippen LogP contribution in [0.2, 0.25) is 0 Å². The number of hydrogen-bond acceptors (Lipinski definition) is 4. The highest BCUT2D eigenvalue weighted by molar-refractivity contribution is 7.15. The van der Waals surface area contributed by atoms with Crippen molar-refractivity contribution in [3.8, 4) is 0 Å². The van der Waals surface area contributed by atoms with Crippen LogP contribution in [0.5, 0.6) is 0 Å². The van der Waals surface area contributed by atoms with Crippen LogP contribution in [-0.4, -0.2) is 17.9 Å². The Morgan fingerprint density at radius 3 is 2.52 bits per heavy atom.